The molecule has 4 aliphatic heterocycles. The van der Waals surface area contributed by atoms with E-state index in [9.17, 15) is 4.79 Å². The summed E-state index contributed by atoms with van der Waals surface area (Å²) in [5.74, 6) is 0.772. The van der Waals surface area contributed by atoms with Gasteiger partial charge in [-0.05, 0) is 87.4 Å². The average Bonchev–Trinajstić information content (AvgIpc) is 3.56. The van der Waals surface area contributed by atoms with Gasteiger partial charge in [0.05, 0.1) is 7.11 Å². The lowest BCUT2D eigenvalue weighted by atomic mass is 9.95. The van der Waals surface area contributed by atoms with Gasteiger partial charge in [-0.25, -0.2) is 0 Å². The number of methoxy groups -OCH3 is 1. The van der Waals surface area contributed by atoms with Gasteiger partial charge in [-0.1, -0.05) is 24.3 Å². The monoisotopic (exact) mass is 512 g/mol. The molecular formula is C32H40N4O2. The molecule has 3 unspecified atom stereocenters. The molecule has 1 N–H and O–H groups in total. The van der Waals surface area contributed by atoms with E-state index in [1.54, 1.807) is 7.11 Å². The van der Waals surface area contributed by atoms with Gasteiger partial charge in [0.2, 0.25) is 0 Å². The zero-order chi connectivity index (χ0) is 26.1. The standard InChI is InChI=1S/C32H40N4O2/c1-23-29(8-7-9-30(23)38-2)32(37)33-25-20-27-15-16-28(21-25)36(27)31-10-3-4-19-35(31)22-24-11-13-26(14-12-24)34-17-5-6-18-34/h3-4,7-14,19,25,27-28,31H,5-6,15-18,20-22H2,1-2H3,(H,33,37). The largest absolute Gasteiger partial charge is 0.496 e. The molecular weight excluding hydrogens is 472 g/mol. The topological polar surface area (TPSA) is 48.1 Å². The number of allylic oxidation sites excluding steroid dienone is 2. The lowest BCUT2D eigenvalue weighted by molar-refractivity contribution is 0.0226. The van der Waals surface area contributed by atoms with Crippen molar-refractivity contribution in [2.45, 2.75) is 76.3 Å². The van der Waals surface area contributed by atoms with E-state index < -0.39 is 0 Å². The fourth-order valence-electron chi connectivity index (χ4n) is 7.05. The Morgan fingerprint density at radius 1 is 1.00 bits per heavy atom. The van der Waals surface area contributed by atoms with Crippen LogP contribution in [0.3, 0.4) is 0 Å². The third-order valence-corrected chi connectivity index (χ3v) is 8.96. The molecule has 0 aromatic heterocycles. The lowest BCUT2D eigenvalue weighted by Crippen LogP contribution is -2.57. The third-order valence-electron chi connectivity index (χ3n) is 8.96. The smallest absolute Gasteiger partial charge is 0.251 e. The molecule has 6 nitrogen and oxygen atoms in total. The summed E-state index contributed by atoms with van der Waals surface area (Å²) in [5.41, 5.74) is 4.31. The highest BCUT2D eigenvalue weighted by atomic mass is 16.5. The molecule has 200 valence electrons. The van der Waals surface area contributed by atoms with Crippen LogP contribution >= 0.6 is 0 Å². The molecule has 0 saturated carbocycles. The molecule has 6 rings (SSSR count). The summed E-state index contributed by atoms with van der Waals surface area (Å²) >= 11 is 0. The van der Waals surface area contributed by atoms with Crippen molar-refractivity contribution in [3.8, 4) is 5.75 Å². The summed E-state index contributed by atoms with van der Waals surface area (Å²) in [6, 6.07) is 16.0. The molecule has 0 aliphatic carbocycles. The average molecular weight is 513 g/mol. The first kappa shape index (κ1) is 25.1. The number of ether oxygens (including phenoxy) is 1. The number of nitrogens with one attached hydrogen (secondary N) is 1. The van der Waals surface area contributed by atoms with Crippen LogP contribution in [0.4, 0.5) is 5.69 Å². The van der Waals surface area contributed by atoms with E-state index in [1.807, 2.05) is 25.1 Å². The number of fused-ring (bicyclic) bond motifs is 2. The summed E-state index contributed by atoms with van der Waals surface area (Å²) in [4.78, 5) is 20.9. The van der Waals surface area contributed by atoms with E-state index >= 15 is 0 Å². The van der Waals surface area contributed by atoms with Crippen molar-refractivity contribution in [3.05, 3.63) is 83.6 Å². The second kappa shape index (κ2) is 10.9. The van der Waals surface area contributed by atoms with Crippen LogP contribution in [-0.4, -0.2) is 60.2 Å². The Kier molecular flexibility index (Phi) is 7.16. The van der Waals surface area contributed by atoms with Gasteiger partial charge in [0, 0.05) is 60.8 Å². The molecule has 0 spiro atoms. The fraction of sp³-hybridized carbons (Fsp3) is 0.469. The van der Waals surface area contributed by atoms with Crippen LogP contribution < -0.4 is 15.0 Å². The Morgan fingerprint density at radius 2 is 1.74 bits per heavy atom. The fourth-order valence-corrected chi connectivity index (χ4v) is 7.05. The maximum absolute atomic E-state index is 13.2. The molecule has 1 amide bonds. The SMILES string of the molecule is COc1cccc(C(=O)NC2CC3CCC(C2)N3C2C=CC=CN2Cc2ccc(N3CCCC3)cc2)c1C. The first-order valence-electron chi connectivity index (χ1n) is 14.3. The van der Waals surface area contributed by atoms with E-state index in [-0.39, 0.29) is 18.1 Å². The molecule has 3 fully saturated rings. The molecule has 6 heteroatoms. The predicted octanol–water partition coefficient (Wildman–Crippen LogP) is 5.24. The molecule has 2 bridgehead atoms. The Balaban J connectivity index is 1.11. The Bertz CT molecular complexity index is 1190. The summed E-state index contributed by atoms with van der Waals surface area (Å²) in [7, 11) is 1.65. The van der Waals surface area contributed by atoms with E-state index in [2.05, 4.69) is 68.7 Å². The molecule has 4 heterocycles. The predicted molar refractivity (Wildman–Crippen MR) is 152 cm³/mol. The minimum Gasteiger partial charge on any atom is -0.496 e. The van der Waals surface area contributed by atoms with Crippen LogP contribution in [0.2, 0.25) is 0 Å². The Hall–Kier alpha value is -3.25. The summed E-state index contributed by atoms with van der Waals surface area (Å²) in [6.07, 6.45) is 16.2. The number of carbonyl (C=O) groups excluding carboxylic acids is 1. The zero-order valence-electron chi connectivity index (χ0n) is 22.7. The van der Waals surface area contributed by atoms with Crippen LogP contribution in [0.15, 0.2) is 66.9 Å². The second-order valence-electron chi connectivity index (χ2n) is 11.3. The number of hydrogen-bond donors (Lipinski definition) is 1. The van der Waals surface area contributed by atoms with Crippen LogP contribution in [0.25, 0.3) is 0 Å². The quantitative estimate of drug-likeness (QED) is 0.550. The molecule has 0 radical (unpaired) electrons. The zero-order valence-corrected chi connectivity index (χ0v) is 22.7. The van der Waals surface area contributed by atoms with Crippen LogP contribution in [0, 0.1) is 6.92 Å². The van der Waals surface area contributed by atoms with Crippen molar-refractivity contribution in [1.82, 2.24) is 15.1 Å². The van der Waals surface area contributed by atoms with Crippen molar-refractivity contribution in [2.75, 3.05) is 25.1 Å². The third kappa shape index (κ3) is 4.94. The van der Waals surface area contributed by atoms with Crippen LogP contribution in [0.5, 0.6) is 5.75 Å². The van der Waals surface area contributed by atoms with Gasteiger partial charge < -0.3 is 19.9 Å². The van der Waals surface area contributed by atoms with Gasteiger partial charge in [-0.15, -0.1) is 0 Å². The van der Waals surface area contributed by atoms with Crippen LogP contribution in [0.1, 0.15) is 60.0 Å². The Labute approximate surface area is 226 Å². The molecule has 38 heavy (non-hydrogen) atoms. The van der Waals surface area contributed by atoms with Gasteiger partial charge in [-0.3, -0.25) is 9.69 Å². The highest BCUT2D eigenvalue weighted by Crippen LogP contribution is 2.39. The number of carbonyl (C=O) groups is 1. The first-order valence-corrected chi connectivity index (χ1v) is 14.3. The minimum atomic E-state index is 0.0127. The van der Waals surface area contributed by atoms with E-state index in [4.69, 9.17) is 4.74 Å². The maximum Gasteiger partial charge on any atom is 0.251 e. The van der Waals surface area contributed by atoms with E-state index in [1.165, 1.54) is 50.0 Å². The van der Waals surface area contributed by atoms with Gasteiger partial charge in [0.25, 0.3) is 5.91 Å². The number of rotatable bonds is 7. The van der Waals surface area contributed by atoms with Gasteiger partial charge in [-0.2, -0.15) is 0 Å². The van der Waals surface area contributed by atoms with Crippen molar-refractivity contribution in [1.29, 1.82) is 0 Å². The van der Waals surface area contributed by atoms with Crippen LogP contribution in [-0.2, 0) is 6.54 Å². The number of amides is 1. The molecule has 4 aliphatic rings. The highest BCUT2D eigenvalue weighted by molar-refractivity contribution is 5.96. The van der Waals surface area contributed by atoms with Crippen molar-refractivity contribution in [3.63, 3.8) is 0 Å². The second-order valence-corrected chi connectivity index (χ2v) is 11.3. The molecule has 2 aromatic carbocycles. The van der Waals surface area contributed by atoms with Crippen molar-refractivity contribution < 1.29 is 9.53 Å². The first-order chi connectivity index (χ1) is 18.6. The summed E-state index contributed by atoms with van der Waals surface area (Å²) in [5, 5.41) is 3.36. The number of benzene rings is 2. The minimum absolute atomic E-state index is 0.0127. The van der Waals surface area contributed by atoms with Gasteiger partial charge >= 0.3 is 0 Å². The van der Waals surface area contributed by atoms with E-state index in [0.29, 0.717) is 17.6 Å². The number of hydrogen-bond acceptors (Lipinski definition) is 5. The van der Waals surface area contributed by atoms with Gasteiger partial charge in [0.15, 0.2) is 0 Å². The summed E-state index contributed by atoms with van der Waals surface area (Å²) in [6.45, 7) is 5.22. The van der Waals surface area contributed by atoms with Gasteiger partial charge in [0.1, 0.15) is 11.9 Å². The lowest BCUT2D eigenvalue weighted by Gasteiger charge is -2.47. The Morgan fingerprint density at radius 3 is 2.45 bits per heavy atom. The van der Waals surface area contributed by atoms with Crippen molar-refractivity contribution in [2.24, 2.45) is 0 Å². The highest BCUT2D eigenvalue weighted by Gasteiger charge is 2.45. The normalized spacial score (nSPS) is 26.7. The van der Waals surface area contributed by atoms with Crippen molar-refractivity contribution >= 4 is 11.6 Å². The van der Waals surface area contributed by atoms with E-state index in [0.717, 1.165) is 30.7 Å². The molecule has 3 atom stereocenters. The summed E-state index contributed by atoms with van der Waals surface area (Å²) < 4.78 is 5.43. The molecule has 3 saturated heterocycles. The number of piperidine rings is 1. The molecule has 2 aromatic rings. The number of anilines is 1. The maximum atomic E-state index is 13.2. The number of nitrogens with zero attached hydrogens (tertiary/aromatic N) is 3.